The lowest BCUT2D eigenvalue weighted by Crippen LogP contribution is -2.08. The Bertz CT molecular complexity index is 749. The van der Waals surface area contributed by atoms with E-state index in [4.69, 9.17) is 21.1 Å². The number of alkyl halides is 3. The third kappa shape index (κ3) is 4.11. The lowest BCUT2D eigenvalue weighted by Gasteiger charge is -2.12. The molecule has 0 aromatic heterocycles. The third-order valence-corrected chi connectivity index (χ3v) is 3.37. The molecule has 0 fully saturated rings. The summed E-state index contributed by atoms with van der Waals surface area (Å²) in [6.45, 7) is 0. The first-order valence-electron chi connectivity index (χ1n) is 6.73. The van der Waals surface area contributed by atoms with Gasteiger partial charge in [0.25, 0.3) is 0 Å². The van der Waals surface area contributed by atoms with Gasteiger partial charge in [-0.1, -0.05) is 23.7 Å². The molecule has 0 heterocycles. The molecule has 8 heteroatoms. The van der Waals surface area contributed by atoms with Gasteiger partial charge in [0, 0.05) is 0 Å². The monoisotopic (exact) mass is 358 g/mol. The van der Waals surface area contributed by atoms with E-state index < -0.39 is 11.7 Å². The third-order valence-electron chi connectivity index (χ3n) is 3.09. The molecule has 0 radical (unpaired) electrons. The minimum absolute atomic E-state index is 0.146. The standard InChI is InChI=1S/C16H14ClF3N2O2/c1-23-14-8-10(7-12(17)15(14)24-2)9-21-22-13-6-4-3-5-11(13)16(18,19)20/h3-9,22H,1-2H3/b21-9-. The Morgan fingerprint density at radius 3 is 2.46 bits per heavy atom. The Morgan fingerprint density at radius 1 is 1.12 bits per heavy atom. The molecule has 0 atom stereocenters. The predicted octanol–water partition coefficient (Wildman–Crippen LogP) is 4.82. The maximum absolute atomic E-state index is 12.9. The van der Waals surface area contributed by atoms with Crippen LogP contribution in [0.4, 0.5) is 18.9 Å². The van der Waals surface area contributed by atoms with Crippen LogP contribution in [-0.2, 0) is 6.18 Å². The lowest BCUT2D eigenvalue weighted by atomic mass is 10.2. The number of benzene rings is 2. The number of hydrazone groups is 1. The molecule has 0 saturated carbocycles. The van der Waals surface area contributed by atoms with Crippen LogP contribution in [0, 0.1) is 0 Å². The minimum Gasteiger partial charge on any atom is -0.493 e. The zero-order chi connectivity index (χ0) is 17.7. The van der Waals surface area contributed by atoms with Gasteiger partial charge in [-0.25, -0.2) is 0 Å². The van der Waals surface area contributed by atoms with Crippen LogP contribution in [0.5, 0.6) is 11.5 Å². The van der Waals surface area contributed by atoms with Crippen LogP contribution in [0.2, 0.25) is 5.02 Å². The van der Waals surface area contributed by atoms with Gasteiger partial charge in [-0.15, -0.1) is 0 Å². The highest BCUT2D eigenvalue weighted by atomic mass is 35.5. The summed E-state index contributed by atoms with van der Waals surface area (Å²) in [5.41, 5.74) is 1.98. The van der Waals surface area contributed by atoms with Crippen molar-refractivity contribution in [3.63, 3.8) is 0 Å². The maximum atomic E-state index is 12.9. The molecule has 0 bridgehead atoms. The molecule has 2 aromatic carbocycles. The predicted molar refractivity (Wildman–Crippen MR) is 87.2 cm³/mol. The van der Waals surface area contributed by atoms with Gasteiger partial charge in [0.15, 0.2) is 11.5 Å². The fourth-order valence-corrected chi connectivity index (χ4v) is 2.31. The number of anilines is 1. The summed E-state index contributed by atoms with van der Waals surface area (Å²) in [5.74, 6) is 0.758. The van der Waals surface area contributed by atoms with Crippen LogP contribution in [0.15, 0.2) is 41.5 Å². The van der Waals surface area contributed by atoms with E-state index in [1.165, 1.54) is 38.6 Å². The molecule has 4 nitrogen and oxygen atoms in total. The SMILES string of the molecule is COc1cc(/C=N\Nc2ccccc2C(F)(F)F)cc(Cl)c1OC. The summed E-state index contributed by atoms with van der Waals surface area (Å²) >= 11 is 6.06. The number of nitrogens with one attached hydrogen (secondary N) is 1. The Hall–Kier alpha value is -2.41. The van der Waals surface area contributed by atoms with Crippen molar-refractivity contribution < 1.29 is 22.6 Å². The van der Waals surface area contributed by atoms with Crippen LogP contribution in [0.1, 0.15) is 11.1 Å². The summed E-state index contributed by atoms with van der Waals surface area (Å²) in [4.78, 5) is 0. The quantitative estimate of drug-likeness (QED) is 0.615. The summed E-state index contributed by atoms with van der Waals surface area (Å²) < 4.78 is 48.9. The van der Waals surface area contributed by atoms with E-state index in [2.05, 4.69) is 10.5 Å². The van der Waals surface area contributed by atoms with Gasteiger partial charge >= 0.3 is 6.18 Å². The van der Waals surface area contributed by atoms with E-state index in [9.17, 15) is 13.2 Å². The summed E-state index contributed by atoms with van der Waals surface area (Å²) in [5, 5.41) is 4.13. The van der Waals surface area contributed by atoms with E-state index in [0.717, 1.165) is 6.07 Å². The molecular formula is C16H14ClF3N2O2. The number of hydrogen-bond acceptors (Lipinski definition) is 4. The van der Waals surface area contributed by atoms with E-state index >= 15 is 0 Å². The van der Waals surface area contributed by atoms with Gasteiger partial charge in [-0.05, 0) is 29.8 Å². The second-order valence-corrected chi connectivity index (χ2v) is 5.06. The first-order valence-corrected chi connectivity index (χ1v) is 7.11. The number of methoxy groups -OCH3 is 2. The molecule has 0 saturated heterocycles. The number of halogens is 4. The second-order valence-electron chi connectivity index (χ2n) is 4.65. The van der Waals surface area contributed by atoms with E-state index in [1.807, 2.05) is 0 Å². The smallest absolute Gasteiger partial charge is 0.418 e. The Labute approximate surface area is 141 Å². The topological polar surface area (TPSA) is 42.8 Å². The number of rotatable bonds is 5. The van der Waals surface area contributed by atoms with Gasteiger partial charge in [-0.3, -0.25) is 5.43 Å². The van der Waals surface area contributed by atoms with Crippen LogP contribution in [0.25, 0.3) is 0 Å². The Morgan fingerprint density at radius 2 is 1.83 bits per heavy atom. The molecule has 128 valence electrons. The van der Waals surface area contributed by atoms with Gasteiger partial charge in [0.2, 0.25) is 0 Å². The molecule has 0 unspecified atom stereocenters. The largest absolute Gasteiger partial charge is 0.493 e. The molecule has 0 aliphatic rings. The first kappa shape index (κ1) is 17.9. The zero-order valence-electron chi connectivity index (χ0n) is 12.8. The van der Waals surface area contributed by atoms with E-state index in [1.54, 1.807) is 12.1 Å². The summed E-state index contributed by atoms with van der Waals surface area (Å²) in [6, 6.07) is 8.23. The van der Waals surface area contributed by atoms with Gasteiger partial charge in [0.1, 0.15) is 0 Å². The van der Waals surface area contributed by atoms with Crippen molar-refractivity contribution in [2.45, 2.75) is 6.18 Å². The van der Waals surface area contributed by atoms with Crippen molar-refractivity contribution in [1.29, 1.82) is 0 Å². The fraction of sp³-hybridized carbons (Fsp3) is 0.188. The number of para-hydroxylation sites is 1. The molecule has 0 spiro atoms. The highest BCUT2D eigenvalue weighted by Crippen LogP contribution is 2.36. The van der Waals surface area contributed by atoms with Crippen molar-refractivity contribution >= 4 is 23.5 Å². The number of ether oxygens (including phenoxy) is 2. The first-order chi connectivity index (χ1) is 11.4. The highest BCUT2D eigenvalue weighted by molar-refractivity contribution is 6.32. The number of hydrogen-bond donors (Lipinski definition) is 1. The van der Waals surface area contributed by atoms with Crippen LogP contribution in [-0.4, -0.2) is 20.4 Å². The van der Waals surface area contributed by atoms with Crippen molar-refractivity contribution in [2.24, 2.45) is 5.10 Å². The molecule has 2 aromatic rings. The highest BCUT2D eigenvalue weighted by Gasteiger charge is 2.33. The van der Waals surface area contributed by atoms with Gasteiger partial charge in [0.05, 0.1) is 36.7 Å². The molecule has 0 aliphatic carbocycles. The van der Waals surface area contributed by atoms with Crippen LogP contribution in [0.3, 0.4) is 0 Å². The van der Waals surface area contributed by atoms with Gasteiger partial charge in [-0.2, -0.15) is 18.3 Å². The van der Waals surface area contributed by atoms with E-state index in [-0.39, 0.29) is 5.69 Å². The molecule has 24 heavy (non-hydrogen) atoms. The molecular weight excluding hydrogens is 345 g/mol. The van der Waals surface area contributed by atoms with Crippen molar-refractivity contribution in [2.75, 3.05) is 19.6 Å². The van der Waals surface area contributed by atoms with E-state index in [0.29, 0.717) is 22.1 Å². The number of nitrogens with zero attached hydrogens (tertiary/aromatic N) is 1. The second kappa shape index (κ2) is 7.44. The van der Waals surface area contributed by atoms with Gasteiger partial charge < -0.3 is 9.47 Å². The van der Waals surface area contributed by atoms with Crippen LogP contribution < -0.4 is 14.9 Å². The van der Waals surface area contributed by atoms with Crippen molar-refractivity contribution in [1.82, 2.24) is 0 Å². The zero-order valence-corrected chi connectivity index (χ0v) is 13.6. The average Bonchev–Trinajstić information content (AvgIpc) is 2.53. The van der Waals surface area contributed by atoms with Crippen molar-refractivity contribution in [3.05, 3.63) is 52.5 Å². The summed E-state index contributed by atoms with van der Waals surface area (Å²) in [7, 11) is 2.90. The molecule has 0 aliphatic heterocycles. The van der Waals surface area contributed by atoms with Crippen molar-refractivity contribution in [3.8, 4) is 11.5 Å². The normalized spacial score (nSPS) is 11.6. The maximum Gasteiger partial charge on any atom is 0.418 e. The Kier molecular flexibility index (Phi) is 5.56. The van der Waals surface area contributed by atoms with Crippen LogP contribution >= 0.6 is 11.6 Å². The molecule has 1 N–H and O–H groups in total. The molecule has 2 rings (SSSR count). The average molecular weight is 359 g/mol. The summed E-state index contributed by atoms with van der Waals surface area (Å²) in [6.07, 6.45) is -3.13. The lowest BCUT2D eigenvalue weighted by molar-refractivity contribution is -0.136. The molecule has 0 amide bonds. The fourth-order valence-electron chi connectivity index (χ4n) is 2.02. The Balaban J connectivity index is 2.23. The minimum atomic E-state index is -4.47.